The lowest BCUT2D eigenvalue weighted by molar-refractivity contribution is 0.0759. The highest BCUT2D eigenvalue weighted by atomic mass is 35.5. The lowest BCUT2D eigenvalue weighted by atomic mass is 10.1. The van der Waals surface area contributed by atoms with Gasteiger partial charge in [0.1, 0.15) is 11.9 Å². The van der Waals surface area contributed by atoms with E-state index in [1.54, 1.807) is 43.4 Å². The molecule has 2 heterocycles. The maximum atomic E-state index is 13.0. The zero-order chi connectivity index (χ0) is 21.5. The highest BCUT2D eigenvalue weighted by molar-refractivity contribution is 7.89. The van der Waals surface area contributed by atoms with Gasteiger partial charge in [-0.25, -0.2) is 8.42 Å². The van der Waals surface area contributed by atoms with Gasteiger partial charge in [0.05, 0.1) is 18.0 Å². The van der Waals surface area contributed by atoms with E-state index in [-0.39, 0.29) is 29.6 Å². The summed E-state index contributed by atoms with van der Waals surface area (Å²) in [6.07, 6.45) is -0.286. The molecule has 156 valence electrons. The number of sulfonamides is 1. The fraction of sp³-hybridized carbons (Fsp3) is 0.227. The van der Waals surface area contributed by atoms with Gasteiger partial charge in [-0.2, -0.15) is 4.31 Å². The Morgan fingerprint density at radius 3 is 2.37 bits per heavy atom. The second kappa shape index (κ2) is 7.91. The second-order valence-electron chi connectivity index (χ2n) is 7.33. The average molecular weight is 445 g/mol. The van der Waals surface area contributed by atoms with Gasteiger partial charge in [0, 0.05) is 23.8 Å². The molecular formula is C22H21ClN2O4S. The Balaban J connectivity index is 1.47. The van der Waals surface area contributed by atoms with Crippen molar-refractivity contribution in [3.05, 3.63) is 81.7 Å². The molecule has 1 aliphatic heterocycles. The molecule has 4 rings (SSSR count). The van der Waals surface area contributed by atoms with Crippen molar-refractivity contribution >= 4 is 21.6 Å². The molecule has 1 saturated heterocycles. The number of benzene rings is 2. The van der Waals surface area contributed by atoms with E-state index in [4.69, 9.17) is 16.3 Å². The molecule has 1 aromatic heterocycles. The van der Waals surface area contributed by atoms with Crippen molar-refractivity contribution in [2.24, 2.45) is 7.05 Å². The monoisotopic (exact) mass is 444 g/mol. The van der Waals surface area contributed by atoms with E-state index in [1.807, 2.05) is 25.1 Å². The number of halogens is 1. The van der Waals surface area contributed by atoms with Crippen LogP contribution in [0.5, 0.6) is 5.75 Å². The number of hydrogen-bond acceptors (Lipinski definition) is 4. The van der Waals surface area contributed by atoms with Crippen LogP contribution in [0.2, 0.25) is 5.02 Å². The Kier molecular flexibility index (Phi) is 5.44. The Bertz CT molecular complexity index is 1250. The molecule has 0 spiro atoms. The third-order valence-corrected chi connectivity index (χ3v) is 7.32. The summed E-state index contributed by atoms with van der Waals surface area (Å²) >= 11 is 5.93. The van der Waals surface area contributed by atoms with Crippen LogP contribution in [0.4, 0.5) is 0 Å². The smallest absolute Gasteiger partial charge is 0.254 e. The Morgan fingerprint density at radius 2 is 1.70 bits per heavy atom. The summed E-state index contributed by atoms with van der Waals surface area (Å²) in [6.45, 7) is 2.29. The maximum absolute atomic E-state index is 13.0. The van der Waals surface area contributed by atoms with Gasteiger partial charge < -0.3 is 9.30 Å². The minimum absolute atomic E-state index is 0.159. The van der Waals surface area contributed by atoms with Crippen molar-refractivity contribution in [3.63, 3.8) is 0 Å². The Hall–Kier alpha value is -2.61. The zero-order valence-electron chi connectivity index (χ0n) is 16.6. The van der Waals surface area contributed by atoms with Crippen LogP contribution in [0.25, 0.3) is 11.1 Å². The number of aromatic nitrogens is 1. The summed E-state index contributed by atoms with van der Waals surface area (Å²) in [7, 11) is -1.94. The van der Waals surface area contributed by atoms with Gasteiger partial charge in [0.15, 0.2) is 0 Å². The van der Waals surface area contributed by atoms with Crippen molar-refractivity contribution in [1.82, 2.24) is 8.87 Å². The van der Waals surface area contributed by atoms with Crippen LogP contribution in [0.3, 0.4) is 0 Å². The minimum Gasteiger partial charge on any atom is -0.487 e. The van der Waals surface area contributed by atoms with Gasteiger partial charge >= 0.3 is 0 Å². The van der Waals surface area contributed by atoms with Crippen LogP contribution in [-0.4, -0.2) is 36.5 Å². The molecular weight excluding hydrogens is 424 g/mol. The van der Waals surface area contributed by atoms with Crippen LogP contribution in [-0.2, 0) is 17.1 Å². The van der Waals surface area contributed by atoms with E-state index >= 15 is 0 Å². The van der Waals surface area contributed by atoms with Gasteiger partial charge in [-0.05, 0) is 48.4 Å². The number of nitrogens with zero attached hydrogens (tertiary/aromatic N) is 2. The predicted molar refractivity (Wildman–Crippen MR) is 116 cm³/mol. The van der Waals surface area contributed by atoms with Crippen LogP contribution >= 0.6 is 11.6 Å². The third kappa shape index (κ3) is 4.01. The average Bonchev–Trinajstić information content (AvgIpc) is 2.69. The summed E-state index contributed by atoms with van der Waals surface area (Å²) in [6, 6.07) is 17.3. The number of pyridine rings is 1. The van der Waals surface area contributed by atoms with Gasteiger partial charge in [-0.1, -0.05) is 35.9 Å². The van der Waals surface area contributed by atoms with Gasteiger partial charge in [-0.15, -0.1) is 0 Å². The zero-order valence-corrected chi connectivity index (χ0v) is 18.2. The first-order valence-corrected chi connectivity index (χ1v) is 11.3. The molecule has 0 atom stereocenters. The molecule has 2 aromatic carbocycles. The van der Waals surface area contributed by atoms with E-state index in [1.165, 1.54) is 14.9 Å². The fourth-order valence-corrected chi connectivity index (χ4v) is 4.97. The summed E-state index contributed by atoms with van der Waals surface area (Å²) in [4.78, 5) is 12.1. The maximum Gasteiger partial charge on any atom is 0.254 e. The van der Waals surface area contributed by atoms with Crippen molar-refractivity contribution < 1.29 is 13.2 Å². The predicted octanol–water partition coefficient (Wildman–Crippen LogP) is 3.47. The molecule has 8 heteroatoms. The molecule has 6 nitrogen and oxygen atoms in total. The number of hydrogen-bond donors (Lipinski definition) is 0. The van der Waals surface area contributed by atoms with Crippen LogP contribution < -0.4 is 10.3 Å². The van der Waals surface area contributed by atoms with Crippen LogP contribution in [0.15, 0.2) is 70.4 Å². The normalized spacial score (nSPS) is 15.0. The van der Waals surface area contributed by atoms with Crippen LogP contribution in [0, 0.1) is 6.92 Å². The summed E-state index contributed by atoms with van der Waals surface area (Å²) in [5, 5.41) is 0.626. The molecule has 1 fully saturated rings. The quantitative estimate of drug-likeness (QED) is 0.604. The topological polar surface area (TPSA) is 68.6 Å². The Morgan fingerprint density at radius 1 is 1.00 bits per heavy atom. The number of aryl methyl sites for hydroxylation is 1. The van der Waals surface area contributed by atoms with E-state index in [2.05, 4.69) is 0 Å². The van der Waals surface area contributed by atoms with Gasteiger partial charge in [0.25, 0.3) is 5.56 Å². The van der Waals surface area contributed by atoms with E-state index in [9.17, 15) is 13.2 Å². The largest absolute Gasteiger partial charge is 0.487 e. The SMILES string of the molecule is Cc1cc(OC2CN(S(=O)(=O)c3cccc(-c4ccc(Cl)cc4)c3)C2)cc(=O)n1C. The lowest BCUT2D eigenvalue weighted by Gasteiger charge is -2.37. The van der Waals surface area contributed by atoms with Crippen molar-refractivity contribution in [1.29, 1.82) is 0 Å². The highest BCUT2D eigenvalue weighted by Gasteiger charge is 2.38. The number of ether oxygens (including phenoxy) is 1. The van der Waals surface area contributed by atoms with Gasteiger partial charge in [0.2, 0.25) is 10.0 Å². The van der Waals surface area contributed by atoms with E-state index < -0.39 is 10.0 Å². The summed E-state index contributed by atoms with van der Waals surface area (Å²) in [5.74, 6) is 0.461. The summed E-state index contributed by atoms with van der Waals surface area (Å²) < 4.78 is 34.7. The molecule has 1 aliphatic rings. The van der Waals surface area contributed by atoms with E-state index in [0.717, 1.165) is 16.8 Å². The number of rotatable bonds is 5. The summed E-state index contributed by atoms with van der Waals surface area (Å²) in [5.41, 5.74) is 2.31. The second-order valence-corrected chi connectivity index (χ2v) is 9.70. The highest BCUT2D eigenvalue weighted by Crippen LogP contribution is 2.28. The third-order valence-electron chi connectivity index (χ3n) is 5.24. The van der Waals surface area contributed by atoms with Gasteiger partial charge in [-0.3, -0.25) is 4.79 Å². The molecule has 3 aromatic rings. The first-order valence-electron chi connectivity index (χ1n) is 9.44. The molecule has 0 radical (unpaired) electrons. The first-order chi connectivity index (χ1) is 14.2. The van der Waals surface area contributed by atoms with Crippen molar-refractivity contribution in [2.45, 2.75) is 17.9 Å². The molecule has 0 unspecified atom stereocenters. The van der Waals surface area contributed by atoms with Crippen LogP contribution in [0.1, 0.15) is 5.69 Å². The van der Waals surface area contributed by atoms with Crippen molar-refractivity contribution in [3.8, 4) is 16.9 Å². The fourth-order valence-electron chi connectivity index (χ4n) is 3.30. The molecule has 0 bridgehead atoms. The molecule has 0 saturated carbocycles. The molecule has 0 aliphatic carbocycles. The minimum atomic E-state index is -3.63. The molecule has 30 heavy (non-hydrogen) atoms. The standard InChI is InChI=1S/C22H21ClN2O4S/c1-15-10-19(12-22(26)24(15)2)29-20-13-25(14-20)30(27,28)21-5-3-4-17(11-21)16-6-8-18(23)9-7-16/h3-12,20H,13-14H2,1-2H3. The lowest BCUT2D eigenvalue weighted by Crippen LogP contribution is -2.56. The molecule has 0 N–H and O–H groups in total. The molecule has 0 amide bonds. The van der Waals surface area contributed by atoms with Crippen molar-refractivity contribution in [2.75, 3.05) is 13.1 Å². The first kappa shape index (κ1) is 20.7. The van der Waals surface area contributed by atoms with E-state index in [0.29, 0.717) is 10.8 Å². The Labute approximate surface area is 180 Å².